The van der Waals surface area contributed by atoms with E-state index in [4.69, 9.17) is 9.47 Å². The van der Waals surface area contributed by atoms with Crippen molar-refractivity contribution in [2.24, 2.45) is 5.92 Å². The lowest BCUT2D eigenvalue weighted by Gasteiger charge is -2.25. The molecule has 0 aliphatic heterocycles. The van der Waals surface area contributed by atoms with Gasteiger partial charge >= 0.3 is 0 Å². The molecule has 4 heteroatoms. The van der Waals surface area contributed by atoms with E-state index in [-0.39, 0.29) is 6.04 Å². The molecular weight excluding hydrogens is 294 g/mol. The summed E-state index contributed by atoms with van der Waals surface area (Å²) in [6.07, 6.45) is 1.02. The molecule has 0 saturated heterocycles. The Morgan fingerprint density at radius 2 is 2.06 bits per heavy atom. The van der Waals surface area contributed by atoms with Crippen molar-refractivity contribution in [2.75, 3.05) is 27.9 Å². The third-order valence-electron chi connectivity index (χ3n) is 3.19. The van der Waals surface area contributed by atoms with Crippen LogP contribution in [-0.2, 0) is 4.74 Å². The molecule has 0 spiro atoms. The fourth-order valence-corrected chi connectivity index (χ4v) is 2.50. The summed E-state index contributed by atoms with van der Waals surface area (Å²) in [4.78, 5) is 0. The van der Waals surface area contributed by atoms with Crippen LogP contribution in [0.25, 0.3) is 0 Å². The van der Waals surface area contributed by atoms with Gasteiger partial charge in [-0.25, -0.2) is 0 Å². The van der Waals surface area contributed by atoms with Gasteiger partial charge in [-0.3, -0.25) is 0 Å². The number of benzene rings is 1. The highest BCUT2D eigenvalue weighted by Gasteiger charge is 2.20. The number of methoxy groups -OCH3 is 2. The van der Waals surface area contributed by atoms with Crippen molar-refractivity contribution >= 4 is 15.9 Å². The molecule has 2 unspecified atom stereocenters. The number of ether oxygens (including phenoxy) is 2. The van der Waals surface area contributed by atoms with Crippen LogP contribution in [0, 0.1) is 5.92 Å². The summed E-state index contributed by atoms with van der Waals surface area (Å²) in [5.74, 6) is 1.39. The molecule has 1 rings (SSSR count). The fourth-order valence-electron chi connectivity index (χ4n) is 2.16. The van der Waals surface area contributed by atoms with Crippen molar-refractivity contribution in [1.29, 1.82) is 0 Å². The summed E-state index contributed by atoms with van der Waals surface area (Å²) in [6.45, 7) is 3.00. The maximum absolute atomic E-state index is 5.46. The topological polar surface area (TPSA) is 30.5 Å². The first-order chi connectivity index (χ1) is 8.63. The van der Waals surface area contributed by atoms with Crippen LogP contribution in [0.4, 0.5) is 0 Å². The Morgan fingerprint density at radius 3 is 2.61 bits per heavy atom. The third-order valence-corrected chi connectivity index (χ3v) is 3.68. The van der Waals surface area contributed by atoms with Gasteiger partial charge in [-0.2, -0.15) is 0 Å². The van der Waals surface area contributed by atoms with Crippen LogP contribution in [0.3, 0.4) is 0 Å². The van der Waals surface area contributed by atoms with Crippen LogP contribution in [0.15, 0.2) is 22.7 Å². The van der Waals surface area contributed by atoms with Gasteiger partial charge < -0.3 is 14.8 Å². The van der Waals surface area contributed by atoms with Gasteiger partial charge in [-0.15, -0.1) is 0 Å². The van der Waals surface area contributed by atoms with E-state index in [0.29, 0.717) is 5.92 Å². The monoisotopic (exact) mass is 315 g/mol. The molecule has 0 aliphatic carbocycles. The number of hydrogen-bond donors (Lipinski definition) is 1. The first kappa shape index (κ1) is 15.5. The van der Waals surface area contributed by atoms with Gasteiger partial charge in [0.1, 0.15) is 5.75 Å². The molecule has 2 atom stereocenters. The average Bonchev–Trinajstić information content (AvgIpc) is 2.38. The smallest absolute Gasteiger partial charge is 0.124 e. The minimum absolute atomic E-state index is 0.267. The number of rotatable bonds is 7. The summed E-state index contributed by atoms with van der Waals surface area (Å²) < 4.78 is 11.6. The van der Waals surface area contributed by atoms with Gasteiger partial charge in [0.05, 0.1) is 7.11 Å². The van der Waals surface area contributed by atoms with Crippen molar-refractivity contribution in [3.8, 4) is 5.75 Å². The molecule has 102 valence electrons. The second-order valence-corrected chi connectivity index (χ2v) is 5.33. The first-order valence-electron chi connectivity index (χ1n) is 6.13. The first-order valence-corrected chi connectivity index (χ1v) is 6.93. The lowest BCUT2D eigenvalue weighted by Crippen LogP contribution is -2.25. The Balaban J connectivity index is 2.93. The highest BCUT2D eigenvalue weighted by atomic mass is 79.9. The van der Waals surface area contributed by atoms with Gasteiger partial charge in [0.2, 0.25) is 0 Å². The molecule has 1 N–H and O–H groups in total. The zero-order valence-corrected chi connectivity index (χ0v) is 13.1. The molecule has 0 aliphatic rings. The Morgan fingerprint density at radius 1 is 1.33 bits per heavy atom. The molecule has 0 aromatic heterocycles. The van der Waals surface area contributed by atoms with Gasteiger partial charge in [0.15, 0.2) is 0 Å². The van der Waals surface area contributed by atoms with Crippen LogP contribution < -0.4 is 10.1 Å². The van der Waals surface area contributed by atoms with Crippen molar-refractivity contribution in [3.63, 3.8) is 0 Å². The van der Waals surface area contributed by atoms with E-state index in [2.05, 4.69) is 34.2 Å². The molecule has 0 radical (unpaired) electrons. The summed E-state index contributed by atoms with van der Waals surface area (Å²) in [6, 6.07) is 6.42. The largest absolute Gasteiger partial charge is 0.496 e. The van der Waals surface area contributed by atoms with E-state index < -0.39 is 0 Å². The minimum Gasteiger partial charge on any atom is -0.496 e. The number of nitrogens with one attached hydrogen (secondary N) is 1. The Kier molecular flexibility index (Phi) is 6.68. The van der Waals surface area contributed by atoms with E-state index in [1.54, 1.807) is 14.2 Å². The van der Waals surface area contributed by atoms with E-state index >= 15 is 0 Å². The maximum Gasteiger partial charge on any atom is 0.124 e. The fraction of sp³-hybridized carbons (Fsp3) is 0.571. The second kappa shape index (κ2) is 7.77. The van der Waals surface area contributed by atoms with Gasteiger partial charge in [0, 0.05) is 29.8 Å². The molecule has 0 heterocycles. The molecule has 1 aromatic rings. The molecule has 0 fully saturated rings. The SMILES string of the molecule is CNC(c1ccc(Br)cc1OC)C(C)CCOC. The van der Waals surface area contributed by atoms with Crippen LogP contribution >= 0.6 is 15.9 Å². The Hall–Kier alpha value is -0.580. The van der Waals surface area contributed by atoms with Crippen LogP contribution in [-0.4, -0.2) is 27.9 Å². The molecule has 1 aromatic carbocycles. The molecule has 3 nitrogen and oxygen atoms in total. The van der Waals surface area contributed by atoms with E-state index in [9.17, 15) is 0 Å². The summed E-state index contributed by atoms with van der Waals surface area (Å²) >= 11 is 3.47. The standard InChI is InChI=1S/C14H22BrNO2/c1-10(7-8-17-3)14(16-2)12-6-5-11(15)9-13(12)18-4/h5-6,9-10,14,16H,7-8H2,1-4H3. The maximum atomic E-state index is 5.46. The predicted octanol–water partition coefficient (Wildman–Crippen LogP) is 3.39. The highest BCUT2D eigenvalue weighted by molar-refractivity contribution is 9.10. The van der Waals surface area contributed by atoms with Crippen molar-refractivity contribution in [3.05, 3.63) is 28.2 Å². The predicted molar refractivity (Wildman–Crippen MR) is 78.2 cm³/mol. The summed E-state index contributed by atoms with van der Waals surface area (Å²) in [7, 11) is 5.43. The van der Waals surface area contributed by atoms with Gasteiger partial charge in [-0.1, -0.05) is 28.9 Å². The lowest BCUT2D eigenvalue weighted by atomic mass is 9.91. The normalized spacial score (nSPS) is 14.3. The highest BCUT2D eigenvalue weighted by Crippen LogP contribution is 2.33. The Labute approximate surface area is 118 Å². The molecule has 0 saturated carbocycles. The van der Waals surface area contributed by atoms with Crippen molar-refractivity contribution < 1.29 is 9.47 Å². The second-order valence-electron chi connectivity index (χ2n) is 4.41. The third kappa shape index (κ3) is 3.97. The van der Waals surface area contributed by atoms with Crippen LogP contribution in [0.5, 0.6) is 5.75 Å². The summed E-state index contributed by atoms with van der Waals surface area (Å²) in [5, 5.41) is 3.37. The lowest BCUT2D eigenvalue weighted by molar-refractivity contribution is 0.171. The molecular formula is C14H22BrNO2. The Bertz CT molecular complexity index is 371. The molecule has 0 bridgehead atoms. The van der Waals surface area contributed by atoms with E-state index in [1.807, 2.05) is 19.2 Å². The number of halogens is 1. The minimum atomic E-state index is 0.267. The average molecular weight is 316 g/mol. The van der Waals surface area contributed by atoms with E-state index in [1.165, 1.54) is 5.56 Å². The van der Waals surface area contributed by atoms with Crippen LogP contribution in [0.1, 0.15) is 24.9 Å². The zero-order valence-electron chi connectivity index (χ0n) is 11.5. The summed E-state index contributed by atoms with van der Waals surface area (Å²) in [5.41, 5.74) is 1.19. The van der Waals surface area contributed by atoms with E-state index in [0.717, 1.165) is 23.2 Å². The van der Waals surface area contributed by atoms with Gasteiger partial charge in [-0.05, 0) is 31.5 Å². The molecule has 18 heavy (non-hydrogen) atoms. The van der Waals surface area contributed by atoms with Crippen molar-refractivity contribution in [1.82, 2.24) is 5.32 Å². The van der Waals surface area contributed by atoms with Crippen LogP contribution in [0.2, 0.25) is 0 Å². The molecule has 0 amide bonds. The van der Waals surface area contributed by atoms with Crippen molar-refractivity contribution in [2.45, 2.75) is 19.4 Å². The van der Waals surface area contributed by atoms with Gasteiger partial charge in [0.25, 0.3) is 0 Å². The number of hydrogen-bond acceptors (Lipinski definition) is 3. The quantitative estimate of drug-likeness (QED) is 0.836. The zero-order chi connectivity index (χ0) is 13.5.